The molecule has 0 spiro atoms. The Kier molecular flexibility index (Phi) is 0.895. The lowest BCUT2D eigenvalue weighted by Crippen LogP contribution is -1.78. The Balaban J connectivity index is 2.79. The highest BCUT2D eigenvalue weighted by atomic mass is 32.1. The lowest BCUT2D eigenvalue weighted by molar-refractivity contribution is 0.947. The van der Waals surface area contributed by atoms with Gasteiger partial charge in [-0.1, -0.05) is 0 Å². The van der Waals surface area contributed by atoms with E-state index < -0.39 is 0 Å². The van der Waals surface area contributed by atoms with Crippen molar-refractivity contribution < 1.29 is 0 Å². The summed E-state index contributed by atoms with van der Waals surface area (Å²) >= 11 is 1.48. The van der Waals surface area contributed by atoms with Gasteiger partial charge in [0.2, 0.25) is 5.82 Å². The van der Waals surface area contributed by atoms with E-state index in [1.165, 1.54) is 11.3 Å². The summed E-state index contributed by atoms with van der Waals surface area (Å²) in [6, 6.07) is 0. The average molecular weight is 138 g/mol. The van der Waals surface area contributed by atoms with Gasteiger partial charge in [0.15, 0.2) is 0 Å². The molecule has 0 bridgehead atoms. The molecule has 0 atom stereocenters. The first-order valence-electron chi connectivity index (χ1n) is 2.34. The fraction of sp³-hybridized carbons (Fsp3) is 0. The Labute approximate surface area is 54.9 Å². The summed E-state index contributed by atoms with van der Waals surface area (Å²) in [5, 5.41) is 12.7. The smallest absolute Gasteiger partial charge is 0.205 e. The molecule has 2 rings (SSSR count). The quantitative estimate of drug-likeness (QED) is 0.529. The van der Waals surface area contributed by atoms with Crippen molar-refractivity contribution >= 4 is 11.3 Å². The van der Waals surface area contributed by atoms with Crippen LogP contribution < -0.4 is 0 Å². The van der Waals surface area contributed by atoms with E-state index in [0.717, 1.165) is 5.69 Å². The second-order valence-electron chi connectivity index (χ2n) is 1.49. The maximum Gasteiger partial charge on any atom is 0.205 e. The van der Waals surface area contributed by atoms with Crippen molar-refractivity contribution in [3.8, 4) is 11.5 Å². The topological polar surface area (TPSA) is 51.6 Å². The van der Waals surface area contributed by atoms with Gasteiger partial charge in [-0.15, -0.1) is 21.5 Å². The molecule has 0 fully saturated rings. The second kappa shape index (κ2) is 1.70. The molecule has 4 nitrogen and oxygen atoms in total. The fourth-order valence-electron chi connectivity index (χ4n) is 0.552. The van der Waals surface area contributed by atoms with Crippen molar-refractivity contribution in [2.45, 2.75) is 0 Å². The molecule has 0 radical (unpaired) electrons. The zero-order valence-corrected chi connectivity index (χ0v) is 5.17. The predicted molar refractivity (Wildman–Crippen MR) is 32.1 cm³/mol. The van der Waals surface area contributed by atoms with Crippen LogP contribution in [0, 0.1) is 0 Å². The zero-order valence-electron chi connectivity index (χ0n) is 4.35. The molecule has 0 unspecified atom stereocenters. The van der Waals surface area contributed by atoms with Gasteiger partial charge in [-0.2, -0.15) is 0 Å². The second-order valence-corrected chi connectivity index (χ2v) is 2.21. The summed E-state index contributed by atoms with van der Waals surface area (Å²) < 4.78 is 0. The highest BCUT2D eigenvalue weighted by Gasteiger charge is 2.04. The zero-order chi connectivity index (χ0) is 6.10. The van der Waals surface area contributed by atoms with Crippen LogP contribution in [0.5, 0.6) is 0 Å². The Hall–Kier alpha value is -1.10. The molecule has 0 saturated heterocycles. The third kappa shape index (κ3) is 0.655. The first kappa shape index (κ1) is 4.75. The highest BCUT2D eigenvalue weighted by molar-refractivity contribution is 7.07. The van der Waals surface area contributed by atoms with Crippen LogP contribution in [0.1, 0.15) is 0 Å². The summed E-state index contributed by atoms with van der Waals surface area (Å²) in [4.78, 5) is 3.92. The van der Waals surface area contributed by atoms with E-state index in [1.807, 2.05) is 5.38 Å². The first-order valence-corrected chi connectivity index (χ1v) is 3.28. The Morgan fingerprint density at radius 1 is 1.33 bits per heavy atom. The number of nitrogens with zero attached hydrogens (tertiary/aromatic N) is 4. The molecule has 0 aromatic carbocycles. The number of hydrogen-bond donors (Lipinski definition) is 0. The molecule has 2 heterocycles. The van der Waals surface area contributed by atoms with Crippen molar-refractivity contribution in [3.63, 3.8) is 0 Å². The van der Waals surface area contributed by atoms with Crippen molar-refractivity contribution in [1.82, 2.24) is 20.4 Å². The average Bonchev–Trinajstić information content (AvgIpc) is 2.33. The van der Waals surface area contributed by atoms with Crippen LogP contribution in [0.2, 0.25) is 0 Å². The summed E-state index contributed by atoms with van der Waals surface area (Å²) in [5.74, 6) is 0.619. The van der Waals surface area contributed by atoms with Gasteiger partial charge in [0.25, 0.3) is 0 Å². The van der Waals surface area contributed by atoms with E-state index in [4.69, 9.17) is 0 Å². The normalized spacial score (nSPS) is 10.2. The Morgan fingerprint density at radius 3 is 3.22 bits per heavy atom. The van der Waals surface area contributed by atoms with E-state index >= 15 is 0 Å². The Bertz CT molecular complexity index is 253. The van der Waals surface area contributed by atoms with Gasteiger partial charge < -0.3 is 0 Å². The first-order chi connectivity index (χ1) is 4.47. The number of hydrogen-bond acceptors (Lipinski definition) is 5. The minimum Gasteiger partial charge on any atom is -0.223 e. The molecule has 0 N–H and O–H groups in total. The van der Waals surface area contributed by atoms with Crippen molar-refractivity contribution in [3.05, 3.63) is 10.9 Å². The van der Waals surface area contributed by atoms with E-state index in [1.54, 1.807) is 5.51 Å². The van der Waals surface area contributed by atoms with Crippen LogP contribution in [0.15, 0.2) is 10.9 Å². The minimum atomic E-state index is 0.619. The molecule has 0 saturated carbocycles. The van der Waals surface area contributed by atoms with Crippen LogP contribution in [0.4, 0.5) is 0 Å². The molecular formula is C4H2N4S. The standard InChI is InChI=1S/C4H2N4S/c1-3-4(5-2-9-1)7-8-6-3/h1-2H. The fourth-order valence-corrected chi connectivity index (χ4v) is 1.06. The van der Waals surface area contributed by atoms with E-state index in [2.05, 4.69) is 20.4 Å². The van der Waals surface area contributed by atoms with Crippen molar-refractivity contribution in [1.29, 1.82) is 0 Å². The maximum absolute atomic E-state index is 3.92. The molecule has 0 amide bonds. The van der Waals surface area contributed by atoms with E-state index in [0.29, 0.717) is 5.82 Å². The van der Waals surface area contributed by atoms with Gasteiger partial charge in [0.1, 0.15) is 5.69 Å². The van der Waals surface area contributed by atoms with Gasteiger partial charge in [-0.3, -0.25) is 0 Å². The third-order valence-corrected chi connectivity index (χ3v) is 1.52. The molecule has 0 aliphatic carbocycles. The highest BCUT2D eigenvalue weighted by Crippen LogP contribution is 2.11. The SMILES string of the molecule is c1nc2nnnc-2cs1. The minimum absolute atomic E-state index is 0.619. The molecule has 0 aromatic heterocycles. The Morgan fingerprint density at radius 2 is 2.33 bits per heavy atom. The summed E-state index contributed by atoms with van der Waals surface area (Å²) in [7, 11) is 0. The molecule has 2 aliphatic heterocycles. The van der Waals surface area contributed by atoms with Gasteiger partial charge in [0.05, 0.1) is 5.51 Å². The van der Waals surface area contributed by atoms with Crippen LogP contribution in [0.25, 0.3) is 11.5 Å². The third-order valence-electron chi connectivity index (χ3n) is 0.937. The number of fused-ring (bicyclic) bond motifs is 1. The van der Waals surface area contributed by atoms with Gasteiger partial charge in [0, 0.05) is 5.38 Å². The molecule has 44 valence electrons. The van der Waals surface area contributed by atoms with Gasteiger partial charge >= 0.3 is 0 Å². The summed E-state index contributed by atoms with van der Waals surface area (Å²) in [6.45, 7) is 0. The van der Waals surface area contributed by atoms with E-state index in [-0.39, 0.29) is 0 Å². The van der Waals surface area contributed by atoms with Crippen LogP contribution >= 0.6 is 11.3 Å². The molecule has 5 heteroatoms. The molecule has 2 aliphatic rings. The van der Waals surface area contributed by atoms with Crippen LogP contribution in [-0.4, -0.2) is 20.4 Å². The van der Waals surface area contributed by atoms with Crippen molar-refractivity contribution in [2.24, 2.45) is 0 Å². The maximum atomic E-state index is 3.92. The monoisotopic (exact) mass is 138 g/mol. The van der Waals surface area contributed by atoms with E-state index in [9.17, 15) is 0 Å². The lowest BCUT2D eigenvalue weighted by Gasteiger charge is -1.84. The largest absolute Gasteiger partial charge is 0.223 e. The molecular weight excluding hydrogens is 136 g/mol. The van der Waals surface area contributed by atoms with Gasteiger partial charge in [-0.05, 0) is 5.21 Å². The number of aromatic nitrogens is 4. The molecule has 9 heavy (non-hydrogen) atoms. The summed E-state index contributed by atoms with van der Waals surface area (Å²) in [6.07, 6.45) is 0. The van der Waals surface area contributed by atoms with Gasteiger partial charge in [-0.25, -0.2) is 4.98 Å². The van der Waals surface area contributed by atoms with Crippen LogP contribution in [0.3, 0.4) is 0 Å². The summed E-state index contributed by atoms with van der Waals surface area (Å²) in [5.41, 5.74) is 2.47. The van der Waals surface area contributed by atoms with Crippen molar-refractivity contribution in [2.75, 3.05) is 0 Å². The van der Waals surface area contributed by atoms with Crippen LogP contribution in [-0.2, 0) is 0 Å². The predicted octanol–water partition coefficient (Wildman–Crippen LogP) is 0.433. The lowest BCUT2D eigenvalue weighted by atomic mass is 10.5. The molecule has 0 aromatic rings. The number of rotatable bonds is 0.